The Bertz CT molecular complexity index is 373. The SMILES string of the molecule is CCCNC(CC(=O)OC)Cc1ccc(CC)cc1. The topological polar surface area (TPSA) is 38.3 Å². The third-order valence-electron chi connectivity index (χ3n) is 3.24. The number of carbonyl (C=O) groups excluding carboxylic acids is 1. The average molecular weight is 263 g/mol. The number of rotatable bonds is 8. The molecule has 0 fully saturated rings. The molecule has 1 unspecified atom stereocenters. The zero-order chi connectivity index (χ0) is 14.1. The summed E-state index contributed by atoms with van der Waals surface area (Å²) in [6, 6.07) is 8.77. The van der Waals surface area contributed by atoms with Crippen molar-refractivity contribution in [3.63, 3.8) is 0 Å². The highest BCUT2D eigenvalue weighted by Gasteiger charge is 2.14. The van der Waals surface area contributed by atoms with Gasteiger partial charge in [-0.1, -0.05) is 38.1 Å². The largest absolute Gasteiger partial charge is 0.469 e. The van der Waals surface area contributed by atoms with Gasteiger partial charge in [-0.3, -0.25) is 4.79 Å². The van der Waals surface area contributed by atoms with Gasteiger partial charge in [0.1, 0.15) is 0 Å². The Morgan fingerprint density at radius 1 is 1.21 bits per heavy atom. The quantitative estimate of drug-likeness (QED) is 0.733. The minimum absolute atomic E-state index is 0.153. The Morgan fingerprint density at radius 3 is 2.37 bits per heavy atom. The Morgan fingerprint density at radius 2 is 1.84 bits per heavy atom. The van der Waals surface area contributed by atoms with Gasteiger partial charge in [-0.25, -0.2) is 0 Å². The lowest BCUT2D eigenvalue weighted by Gasteiger charge is -2.17. The normalized spacial score (nSPS) is 12.2. The Hall–Kier alpha value is -1.35. The fraction of sp³-hybridized carbons (Fsp3) is 0.562. The first-order chi connectivity index (χ1) is 9.19. The molecule has 0 aromatic heterocycles. The van der Waals surface area contributed by atoms with Crippen molar-refractivity contribution in [1.29, 1.82) is 0 Å². The molecule has 3 heteroatoms. The van der Waals surface area contributed by atoms with E-state index in [-0.39, 0.29) is 12.0 Å². The predicted molar refractivity (Wildman–Crippen MR) is 78.2 cm³/mol. The van der Waals surface area contributed by atoms with Crippen LogP contribution < -0.4 is 5.32 Å². The van der Waals surface area contributed by atoms with Gasteiger partial charge < -0.3 is 10.1 Å². The lowest BCUT2D eigenvalue weighted by Crippen LogP contribution is -2.34. The summed E-state index contributed by atoms with van der Waals surface area (Å²) in [7, 11) is 1.44. The van der Waals surface area contributed by atoms with Crippen LogP contribution in [-0.2, 0) is 22.4 Å². The molecule has 1 atom stereocenters. The summed E-state index contributed by atoms with van der Waals surface area (Å²) in [6.07, 6.45) is 3.40. The molecule has 0 saturated heterocycles. The fourth-order valence-electron chi connectivity index (χ4n) is 2.05. The van der Waals surface area contributed by atoms with E-state index in [0.29, 0.717) is 6.42 Å². The van der Waals surface area contributed by atoms with Crippen LogP contribution in [0, 0.1) is 0 Å². The van der Waals surface area contributed by atoms with Gasteiger partial charge >= 0.3 is 5.97 Å². The van der Waals surface area contributed by atoms with Crippen molar-refractivity contribution in [2.75, 3.05) is 13.7 Å². The zero-order valence-electron chi connectivity index (χ0n) is 12.2. The van der Waals surface area contributed by atoms with E-state index in [1.807, 2.05) is 0 Å². The van der Waals surface area contributed by atoms with Gasteiger partial charge in [-0.05, 0) is 36.9 Å². The smallest absolute Gasteiger partial charge is 0.307 e. The fourth-order valence-corrected chi connectivity index (χ4v) is 2.05. The molecule has 0 bridgehead atoms. The van der Waals surface area contributed by atoms with E-state index in [1.54, 1.807) is 0 Å². The molecule has 0 aliphatic carbocycles. The van der Waals surface area contributed by atoms with Gasteiger partial charge in [-0.15, -0.1) is 0 Å². The van der Waals surface area contributed by atoms with E-state index in [9.17, 15) is 4.79 Å². The van der Waals surface area contributed by atoms with Crippen molar-refractivity contribution >= 4 is 5.97 Å². The Balaban J connectivity index is 2.60. The monoisotopic (exact) mass is 263 g/mol. The summed E-state index contributed by atoms with van der Waals surface area (Å²) < 4.78 is 4.76. The average Bonchev–Trinajstić information content (AvgIpc) is 2.45. The minimum Gasteiger partial charge on any atom is -0.469 e. The second-order valence-electron chi connectivity index (χ2n) is 4.81. The van der Waals surface area contributed by atoms with Crippen LogP contribution in [0.4, 0.5) is 0 Å². The maximum Gasteiger partial charge on any atom is 0.307 e. The zero-order valence-corrected chi connectivity index (χ0v) is 12.2. The summed E-state index contributed by atoms with van der Waals surface area (Å²) in [4.78, 5) is 11.4. The molecule has 0 aliphatic heterocycles. The standard InChI is InChI=1S/C16H25NO2/c1-4-10-17-15(12-16(18)19-3)11-14-8-6-13(5-2)7-9-14/h6-9,15,17H,4-5,10-12H2,1-3H3. The molecule has 1 aromatic carbocycles. The number of benzene rings is 1. The van der Waals surface area contributed by atoms with Crippen molar-refractivity contribution < 1.29 is 9.53 Å². The number of carbonyl (C=O) groups is 1. The van der Waals surface area contributed by atoms with Crippen molar-refractivity contribution in [1.82, 2.24) is 5.32 Å². The molecule has 3 nitrogen and oxygen atoms in total. The number of methoxy groups -OCH3 is 1. The van der Waals surface area contributed by atoms with Crippen LogP contribution in [-0.4, -0.2) is 25.7 Å². The molecular formula is C16H25NO2. The van der Waals surface area contributed by atoms with E-state index >= 15 is 0 Å². The van der Waals surface area contributed by atoms with Crippen LogP contribution in [0.15, 0.2) is 24.3 Å². The van der Waals surface area contributed by atoms with Gasteiger partial charge in [0.2, 0.25) is 0 Å². The van der Waals surface area contributed by atoms with Crippen molar-refractivity contribution in [2.24, 2.45) is 0 Å². The Labute approximate surface area is 116 Å². The molecule has 1 rings (SSSR count). The molecule has 19 heavy (non-hydrogen) atoms. The minimum atomic E-state index is -0.154. The van der Waals surface area contributed by atoms with Crippen LogP contribution >= 0.6 is 0 Å². The molecule has 106 valence electrons. The maximum atomic E-state index is 11.4. The van der Waals surface area contributed by atoms with Crippen LogP contribution in [0.5, 0.6) is 0 Å². The number of esters is 1. The molecule has 0 amide bonds. The number of nitrogens with one attached hydrogen (secondary N) is 1. The molecule has 0 radical (unpaired) electrons. The summed E-state index contributed by atoms with van der Waals surface area (Å²) >= 11 is 0. The highest BCUT2D eigenvalue weighted by Crippen LogP contribution is 2.10. The van der Waals surface area contributed by atoms with Gasteiger partial charge in [0.25, 0.3) is 0 Å². The van der Waals surface area contributed by atoms with Crippen LogP contribution in [0.25, 0.3) is 0 Å². The lowest BCUT2D eigenvalue weighted by molar-refractivity contribution is -0.141. The third-order valence-corrected chi connectivity index (χ3v) is 3.24. The molecule has 0 saturated carbocycles. The van der Waals surface area contributed by atoms with Crippen molar-refractivity contribution in [3.8, 4) is 0 Å². The summed E-state index contributed by atoms with van der Waals surface area (Å²) in [5, 5.41) is 3.41. The Kier molecular flexibility index (Phi) is 7.19. The summed E-state index contributed by atoms with van der Waals surface area (Å²) in [5.41, 5.74) is 2.60. The van der Waals surface area contributed by atoms with Gasteiger partial charge in [0, 0.05) is 6.04 Å². The van der Waals surface area contributed by atoms with Crippen LogP contribution in [0.3, 0.4) is 0 Å². The van der Waals surface area contributed by atoms with E-state index in [4.69, 9.17) is 4.74 Å². The van der Waals surface area contributed by atoms with Gasteiger partial charge in [-0.2, -0.15) is 0 Å². The molecule has 0 spiro atoms. The highest BCUT2D eigenvalue weighted by molar-refractivity contribution is 5.70. The first-order valence-corrected chi connectivity index (χ1v) is 7.07. The lowest BCUT2D eigenvalue weighted by atomic mass is 10.0. The summed E-state index contributed by atoms with van der Waals surface area (Å²) in [5.74, 6) is -0.154. The van der Waals surface area contributed by atoms with Crippen LogP contribution in [0.2, 0.25) is 0 Å². The second-order valence-corrected chi connectivity index (χ2v) is 4.81. The van der Waals surface area contributed by atoms with E-state index in [1.165, 1.54) is 18.2 Å². The highest BCUT2D eigenvalue weighted by atomic mass is 16.5. The molecular weight excluding hydrogens is 238 g/mol. The predicted octanol–water partition coefficient (Wildman–Crippen LogP) is 2.72. The molecule has 1 N–H and O–H groups in total. The number of ether oxygens (including phenoxy) is 1. The number of aryl methyl sites for hydroxylation is 1. The molecule has 1 aromatic rings. The second kappa shape index (κ2) is 8.70. The van der Waals surface area contributed by atoms with Gasteiger partial charge in [0.15, 0.2) is 0 Å². The van der Waals surface area contributed by atoms with Crippen LogP contribution in [0.1, 0.15) is 37.8 Å². The summed E-state index contributed by atoms with van der Waals surface area (Å²) in [6.45, 7) is 5.20. The third kappa shape index (κ3) is 5.88. The van der Waals surface area contributed by atoms with E-state index in [2.05, 4.69) is 43.4 Å². The molecule has 0 heterocycles. The van der Waals surface area contributed by atoms with Gasteiger partial charge in [0.05, 0.1) is 13.5 Å². The number of hydrogen-bond donors (Lipinski definition) is 1. The van der Waals surface area contributed by atoms with E-state index < -0.39 is 0 Å². The number of hydrogen-bond acceptors (Lipinski definition) is 3. The maximum absolute atomic E-state index is 11.4. The first kappa shape index (κ1) is 15.7. The van der Waals surface area contributed by atoms with Crippen molar-refractivity contribution in [2.45, 2.75) is 45.6 Å². The van der Waals surface area contributed by atoms with E-state index in [0.717, 1.165) is 25.8 Å². The first-order valence-electron chi connectivity index (χ1n) is 7.07. The molecule has 0 aliphatic rings. The van der Waals surface area contributed by atoms with Crippen molar-refractivity contribution in [3.05, 3.63) is 35.4 Å².